The molecule has 1 heterocycles. The lowest BCUT2D eigenvalue weighted by molar-refractivity contribution is -0.107. The summed E-state index contributed by atoms with van der Waals surface area (Å²) in [5, 5.41) is 7.87. The second-order valence-electron chi connectivity index (χ2n) is 1.81. The van der Waals surface area contributed by atoms with E-state index in [4.69, 9.17) is 5.26 Å². The molecule has 1 unspecified atom stereocenters. The highest BCUT2D eigenvalue weighted by atomic mass is 32.2. The van der Waals surface area contributed by atoms with E-state index in [1.54, 1.807) is 6.07 Å². The summed E-state index contributed by atoms with van der Waals surface area (Å²) in [5.41, 5.74) is 0.130. The molecular weight excluding hydrogens is 164 g/mol. The first-order chi connectivity index (χ1) is 5.24. The fourth-order valence-corrected chi connectivity index (χ4v) is 1.30. The standard InChI is InChI=1S/C6H4N2O2S/c7-3-5-4-11(10)6(9)1-2-8-5/h1-2H,4H2. The third-order valence-electron chi connectivity index (χ3n) is 1.06. The lowest BCUT2D eigenvalue weighted by Gasteiger charge is -1.89. The fourth-order valence-electron chi connectivity index (χ4n) is 0.558. The van der Waals surface area contributed by atoms with Gasteiger partial charge in [0.05, 0.1) is 5.75 Å². The van der Waals surface area contributed by atoms with Gasteiger partial charge in [-0.2, -0.15) is 5.26 Å². The molecule has 0 aromatic carbocycles. The van der Waals surface area contributed by atoms with Crippen LogP contribution in [-0.2, 0) is 15.6 Å². The molecule has 56 valence electrons. The zero-order chi connectivity index (χ0) is 8.27. The molecule has 0 aromatic rings. The first-order valence-corrected chi connectivity index (χ1v) is 4.11. The normalized spacial score (nSPS) is 23.7. The number of rotatable bonds is 0. The van der Waals surface area contributed by atoms with E-state index < -0.39 is 15.9 Å². The Kier molecular flexibility index (Phi) is 2.28. The average molecular weight is 168 g/mol. The molecule has 4 nitrogen and oxygen atoms in total. The Morgan fingerprint density at radius 2 is 2.45 bits per heavy atom. The van der Waals surface area contributed by atoms with Gasteiger partial charge in [0.25, 0.3) is 0 Å². The number of nitriles is 1. The van der Waals surface area contributed by atoms with E-state index >= 15 is 0 Å². The van der Waals surface area contributed by atoms with Crippen molar-refractivity contribution in [1.29, 1.82) is 5.26 Å². The summed E-state index contributed by atoms with van der Waals surface area (Å²) in [5.74, 6) is -0.0671. The number of carbonyl (C=O) groups excluding carboxylic acids is 1. The van der Waals surface area contributed by atoms with Crippen LogP contribution in [0.2, 0.25) is 0 Å². The molecule has 0 bridgehead atoms. The van der Waals surface area contributed by atoms with Gasteiger partial charge in [-0.3, -0.25) is 9.00 Å². The highest BCUT2D eigenvalue weighted by molar-refractivity contribution is 8.01. The zero-order valence-electron chi connectivity index (χ0n) is 5.48. The smallest absolute Gasteiger partial charge is 0.243 e. The number of hydrogen-bond donors (Lipinski definition) is 0. The minimum atomic E-state index is -1.61. The van der Waals surface area contributed by atoms with E-state index in [0.29, 0.717) is 0 Å². The van der Waals surface area contributed by atoms with Crippen LogP contribution in [0, 0.1) is 11.3 Å². The van der Waals surface area contributed by atoms with Crippen LogP contribution in [-0.4, -0.2) is 20.8 Å². The van der Waals surface area contributed by atoms with E-state index in [1.807, 2.05) is 0 Å². The minimum absolute atomic E-state index is 0.0671. The molecule has 0 spiro atoms. The van der Waals surface area contributed by atoms with E-state index in [0.717, 1.165) is 6.08 Å². The van der Waals surface area contributed by atoms with Crippen LogP contribution >= 0.6 is 0 Å². The van der Waals surface area contributed by atoms with E-state index in [-0.39, 0.29) is 11.5 Å². The van der Waals surface area contributed by atoms with Crippen LogP contribution in [0.25, 0.3) is 0 Å². The van der Waals surface area contributed by atoms with Crippen molar-refractivity contribution in [2.45, 2.75) is 0 Å². The highest BCUT2D eigenvalue weighted by Gasteiger charge is 2.13. The molecule has 0 amide bonds. The molecule has 0 radical (unpaired) electrons. The van der Waals surface area contributed by atoms with Gasteiger partial charge in [0.15, 0.2) is 0 Å². The lowest BCUT2D eigenvalue weighted by atomic mass is 10.5. The Labute approximate surface area is 65.7 Å². The van der Waals surface area contributed by atoms with Crippen LogP contribution in [0.15, 0.2) is 17.3 Å². The topological polar surface area (TPSA) is 70.3 Å². The van der Waals surface area contributed by atoms with Gasteiger partial charge < -0.3 is 0 Å². The number of carbonyl (C=O) groups is 1. The van der Waals surface area contributed by atoms with Crippen molar-refractivity contribution >= 4 is 21.6 Å². The van der Waals surface area contributed by atoms with Crippen molar-refractivity contribution < 1.29 is 9.00 Å². The number of hydrogen-bond acceptors (Lipinski definition) is 4. The SMILES string of the molecule is N#CC1=NC=CC(=O)S(=O)C1. The Morgan fingerprint density at radius 3 is 3.09 bits per heavy atom. The molecule has 1 rings (SSSR count). The summed E-state index contributed by atoms with van der Waals surface area (Å²) in [6, 6.07) is 1.75. The first kappa shape index (κ1) is 7.82. The van der Waals surface area contributed by atoms with Gasteiger partial charge in [-0.1, -0.05) is 0 Å². The Hall–Kier alpha value is -1.28. The summed E-state index contributed by atoms with van der Waals surface area (Å²) in [6.45, 7) is 0. The predicted molar refractivity (Wildman–Crippen MR) is 40.2 cm³/mol. The molecular formula is C6H4N2O2S. The summed E-state index contributed by atoms with van der Waals surface area (Å²) in [4.78, 5) is 14.3. The van der Waals surface area contributed by atoms with Gasteiger partial charge in [-0.25, -0.2) is 4.99 Å². The lowest BCUT2D eigenvalue weighted by Crippen LogP contribution is -2.12. The first-order valence-electron chi connectivity index (χ1n) is 2.79. The summed E-state index contributed by atoms with van der Waals surface area (Å²) in [7, 11) is -1.61. The molecule has 1 atom stereocenters. The van der Waals surface area contributed by atoms with Crippen molar-refractivity contribution in [3.63, 3.8) is 0 Å². The van der Waals surface area contributed by atoms with Gasteiger partial charge in [-0.15, -0.1) is 0 Å². The van der Waals surface area contributed by atoms with Crippen molar-refractivity contribution in [2.24, 2.45) is 4.99 Å². The highest BCUT2D eigenvalue weighted by Crippen LogP contribution is 1.96. The third kappa shape index (κ3) is 1.82. The predicted octanol–water partition coefficient (Wildman–Crippen LogP) is -0.246. The Morgan fingerprint density at radius 1 is 1.73 bits per heavy atom. The van der Waals surface area contributed by atoms with Crippen LogP contribution in [0.5, 0.6) is 0 Å². The van der Waals surface area contributed by atoms with Crippen molar-refractivity contribution in [3.05, 3.63) is 12.3 Å². The number of aliphatic imine (C=N–C) groups is 1. The molecule has 5 heteroatoms. The molecule has 11 heavy (non-hydrogen) atoms. The Bertz CT molecular complexity index is 311. The van der Waals surface area contributed by atoms with Gasteiger partial charge in [0.1, 0.15) is 22.6 Å². The van der Waals surface area contributed by atoms with Crippen LogP contribution in [0.4, 0.5) is 0 Å². The van der Waals surface area contributed by atoms with Gasteiger partial charge in [-0.05, 0) is 0 Å². The molecule has 0 fully saturated rings. The second kappa shape index (κ2) is 3.21. The third-order valence-corrected chi connectivity index (χ3v) is 2.18. The minimum Gasteiger partial charge on any atom is -0.279 e. The van der Waals surface area contributed by atoms with Crippen molar-refractivity contribution in [3.8, 4) is 6.07 Å². The maximum absolute atomic E-state index is 10.9. The zero-order valence-corrected chi connectivity index (χ0v) is 6.30. The van der Waals surface area contributed by atoms with Crippen molar-refractivity contribution in [2.75, 3.05) is 5.75 Å². The molecule has 0 aromatic heterocycles. The van der Waals surface area contributed by atoms with E-state index in [1.165, 1.54) is 6.20 Å². The number of nitrogens with zero attached hydrogens (tertiary/aromatic N) is 2. The quantitative estimate of drug-likeness (QED) is 0.501. The van der Waals surface area contributed by atoms with Crippen LogP contribution < -0.4 is 0 Å². The van der Waals surface area contributed by atoms with Gasteiger partial charge in [0, 0.05) is 12.3 Å². The summed E-state index contributed by atoms with van der Waals surface area (Å²) in [6.07, 6.45) is 2.31. The maximum Gasteiger partial charge on any atom is 0.243 e. The molecule has 1 aliphatic rings. The molecule has 0 aliphatic carbocycles. The van der Waals surface area contributed by atoms with Crippen molar-refractivity contribution in [1.82, 2.24) is 0 Å². The van der Waals surface area contributed by atoms with Gasteiger partial charge >= 0.3 is 0 Å². The summed E-state index contributed by atoms with van der Waals surface area (Å²) >= 11 is 0. The van der Waals surface area contributed by atoms with Gasteiger partial charge in [0.2, 0.25) is 5.12 Å². The largest absolute Gasteiger partial charge is 0.279 e. The second-order valence-corrected chi connectivity index (χ2v) is 3.19. The van der Waals surface area contributed by atoms with Crippen LogP contribution in [0.3, 0.4) is 0 Å². The molecule has 0 saturated heterocycles. The summed E-state index contributed by atoms with van der Waals surface area (Å²) < 4.78 is 10.9. The molecule has 0 N–H and O–H groups in total. The van der Waals surface area contributed by atoms with E-state index in [2.05, 4.69) is 4.99 Å². The molecule has 0 saturated carbocycles. The average Bonchev–Trinajstić information content (AvgIpc) is 2.15. The molecule has 1 aliphatic heterocycles. The van der Waals surface area contributed by atoms with Crippen LogP contribution in [0.1, 0.15) is 0 Å². The maximum atomic E-state index is 10.9. The Balaban J connectivity index is 2.92. The monoisotopic (exact) mass is 168 g/mol. The van der Waals surface area contributed by atoms with E-state index in [9.17, 15) is 9.00 Å². The fraction of sp³-hybridized carbons (Fsp3) is 0.167.